The fraction of sp³-hybridized carbons (Fsp3) is 0. The lowest BCUT2D eigenvalue weighted by Crippen LogP contribution is -1.99. The molecule has 0 saturated heterocycles. The highest BCUT2D eigenvalue weighted by Crippen LogP contribution is 2.26. The van der Waals surface area contributed by atoms with Gasteiger partial charge in [-0.3, -0.25) is 0 Å². The first kappa shape index (κ1) is 14.9. The molecule has 6 heterocycles. The van der Waals surface area contributed by atoms with Gasteiger partial charge in [-0.15, -0.1) is 0 Å². The molecular formula is C20H12N8. The van der Waals surface area contributed by atoms with Crippen LogP contribution in [0.15, 0.2) is 48.7 Å². The minimum absolute atomic E-state index is 0.257. The lowest BCUT2D eigenvalue weighted by molar-refractivity contribution is 1.25. The summed E-state index contributed by atoms with van der Waals surface area (Å²) in [5.41, 5.74) is 15.0. The van der Waals surface area contributed by atoms with Crippen LogP contribution in [0, 0.1) is 0 Å². The molecule has 0 aromatic carbocycles. The van der Waals surface area contributed by atoms with Crippen LogP contribution in [0.5, 0.6) is 0 Å². The van der Waals surface area contributed by atoms with Gasteiger partial charge in [0.25, 0.3) is 0 Å². The second kappa shape index (κ2) is 5.17. The Labute approximate surface area is 157 Å². The number of nitrogen functional groups attached to an aromatic ring is 2. The zero-order chi connectivity index (χ0) is 18.8. The molecule has 0 radical (unpaired) electrons. The van der Waals surface area contributed by atoms with Crippen LogP contribution >= 0.6 is 0 Å². The van der Waals surface area contributed by atoms with Gasteiger partial charge >= 0.3 is 0 Å². The maximum absolute atomic E-state index is 5.88. The normalized spacial score (nSPS) is 11.9. The van der Waals surface area contributed by atoms with Crippen molar-refractivity contribution in [2.45, 2.75) is 0 Å². The van der Waals surface area contributed by atoms with Crippen molar-refractivity contribution in [1.29, 1.82) is 0 Å². The second-order valence-electron chi connectivity index (χ2n) is 6.65. The smallest absolute Gasteiger partial charge is 0.164 e. The van der Waals surface area contributed by atoms with Gasteiger partial charge in [-0.05, 0) is 42.5 Å². The molecule has 6 aromatic heterocycles. The van der Waals surface area contributed by atoms with Gasteiger partial charge in [-0.2, -0.15) is 0 Å². The molecule has 4 N–H and O–H groups in total. The summed E-state index contributed by atoms with van der Waals surface area (Å²) in [5, 5.41) is 4.50. The predicted octanol–water partition coefficient (Wildman–Crippen LogP) is 2.99. The van der Waals surface area contributed by atoms with Gasteiger partial charge in [-0.1, -0.05) is 0 Å². The third kappa shape index (κ3) is 2.11. The Morgan fingerprint density at radius 1 is 0.536 bits per heavy atom. The first-order chi connectivity index (χ1) is 13.6. The highest BCUT2D eigenvalue weighted by Gasteiger charge is 2.10. The third-order valence-corrected chi connectivity index (χ3v) is 4.77. The summed E-state index contributed by atoms with van der Waals surface area (Å²) in [5.74, 6) is 0.257. The van der Waals surface area contributed by atoms with Gasteiger partial charge in [0.2, 0.25) is 0 Å². The summed E-state index contributed by atoms with van der Waals surface area (Å²) in [6.45, 7) is 0. The molecule has 0 aliphatic heterocycles. The lowest BCUT2D eigenvalue weighted by atomic mass is 10.1. The maximum atomic E-state index is 5.88. The van der Waals surface area contributed by atoms with E-state index >= 15 is 0 Å². The number of hydrogen-bond acceptors (Lipinski definition) is 8. The van der Waals surface area contributed by atoms with Crippen LogP contribution < -0.4 is 11.5 Å². The van der Waals surface area contributed by atoms with Gasteiger partial charge in [-0.25, -0.2) is 29.9 Å². The summed E-state index contributed by atoms with van der Waals surface area (Å²) in [4.78, 5) is 26.9. The van der Waals surface area contributed by atoms with E-state index in [2.05, 4.69) is 29.9 Å². The molecule has 0 saturated carbocycles. The van der Waals surface area contributed by atoms with Crippen molar-refractivity contribution in [1.82, 2.24) is 29.9 Å². The fourth-order valence-electron chi connectivity index (χ4n) is 3.41. The summed E-state index contributed by atoms with van der Waals surface area (Å²) < 4.78 is 0. The van der Waals surface area contributed by atoms with Crippen LogP contribution in [0.1, 0.15) is 0 Å². The van der Waals surface area contributed by atoms with Crippen molar-refractivity contribution in [3.63, 3.8) is 0 Å². The summed E-state index contributed by atoms with van der Waals surface area (Å²) >= 11 is 0. The Kier molecular flexibility index (Phi) is 2.75. The third-order valence-electron chi connectivity index (χ3n) is 4.77. The van der Waals surface area contributed by atoms with E-state index in [1.165, 1.54) is 0 Å². The molecule has 0 aliphatic carbocycles. The van der Waals surface area contributed by atoms with E-state index in [1.54, 1.807) is 12.3 Å². The van der Waals surface area contributed by atoms with Crippen molar-refractivity contribution in [2.24, 2.45) is 0 Å². The average molecular weight is 364 g/mol. The van der Waals surface area contributed by atoms with E-state index in [0.717, 1.165) is 26.9 Å². The Bertz CT molecular complexity index is 1470. The van der Waals surface area contributed by atoms with E-state index in [-0.39, 0.29) is 5.82 Å². The summed E-state index contributed by atoms with van der Waals surface area (Å²) in [6.07, 6.45) is 1.72. The molecule has 6 rings (SSSR count). The van der Waals surface area contributed by atoms with Crippen molar-refractivity contribution < 1.29 is 0 Å². The van der Waals surface area contributed by atoms with Crippen LogP contribution in [0.4, 0.5) is 11.5 Å². The molecular weight excluding hydrogens is 352 g/mol. The molecule has 28 heavy (non-hydrogen) atoms. The molecule has 8 heteroatoms. The highest BCUT2D eigenvalue weighted by atomic mass is 15.0. The number of pyridine rings is 6. The SMILES string of the molecule is Nc1cc2cc3cc4cc5cc6cccnc6nc5nc4nc3nc2nc1N. The molecule has 6 aromatic rings. The second-order valence-corrected chi connectivity index (χ2v) is 6.65. The van der Waals surface area contributed by atoms with Gasteiger partial charge in [0.05, 0.1) is 5.69 Å². The van der Waals surface area contributed by atoms with Crippen molar-refractivity contribution in [3.05, 3.63) is 48.7 Å². The number of hydrogen-bond donors (Lipinski definition) is 2. The van der Waals surface area contributed by atoms with Crippen LogP contribution in [0.25, 0.3) is 55.2 Å². The molecule has 0 bridgehead atoms. The Hall–Kier alpha value is -4.20. The minimum Gasteiger partial charge on any atom is -0.396 e. The van der Waals surface area contributed by atoms with Gasteiger partial charge < -0.3 is 11.5 Å². The molecule has 132 valence electrons. The molecule has 0 fully saturated rings. The van der Waals surface area contributed by atoms with Crippen LogP contribution in [-0.2, 0) is 0 Å². The first-order valence-electron chi connectivity index (χ1n) is 8.64. The molecule has 0 spiro atoms. The van der Waals surface area contributed by atoms with Crippen molar-refractivity contribution in [2.75, 3.05) is 11.5 Å². The van der Waals surface area contributed by atoms with Crippen LogP contribution in [-0.4, -0.2) is 29.9 Å². The largest absolute Gasteiger partial charge is 0.396 e. The van der Waals surface area contributed by atoms with E-state index in [1.807, 2.05) is 36.4 Å². The number of anilines is 2. The first-order valence-corrected chi connectivity index (χ1v) is 8.64. The number of rotatable bonds is 0. The number of aromatic nitrogens is 6. The van der Waals surface area contributed by atoms with Crippen molar-refractivity contribution >= 4 is 66.7 Å². The standard InChI is InChI=1S/C20H12N8/c21-14-8-13-7-12-6-11-5-10-4-9-2-1-3-23-16(9)25-18(10)27-20(11)28-19(12)26-17(13)24-15(14)22/h1-8H,21H2,(H2,22,23,24,25,26,27,28). The average Bonchev–Trinajstić information content (AvgIpc) is 2.69. The van der Waals surface area contributed by atoms with E-state index in [9.17, 15) is 0 Å². The molecule has 0 amide bonds. The van der Waals surface area contributed by atoms with Crippen LogP contribution in [0.2, 0.25) is 0 Å². The summed E-state index contributed by atoms with van der Waals surface area (Å²) in [6, 6.07) is 13.7. The molecule has 0 atom stereocenters. The van der Waals surface area contributed by atoms with E-state index in [4.69, 9.17) is 11.5 Å². The van der Waals surface area contributed by atoms with Gasteiger partial charge in [0.15, 0.2) is 28.2 Å². The van der Waals surface area contributed by atoms with Gasteiger partial charge in [0.1, 0.15) is 5.82 Å². The summed E-state index contributed by atoms with van der Waals surface area (Å²) in [7, 11) is 0. The monoisotopic (exact) mass is 364 g/mol. The zero-order valence-corrected chi connectivity index (χ0v) is 14.5. The zero-order valence-electron chi connectivity index (χ0n) is 14.5. The number of fused-ring (bicyclic) bond motifs is 5. The van der Waals surface area contributed by atoms with E-state index in [0.29, 0.717) is 33.9 Å². The van der Waals surface area contributed by atoms with Gasteiger partial charge in [0, 0.05) is 33.1 Å². The predicted molar refractivity (Wildman–Crippen MR) is 110 cm³/mol. The lowest BCUT2D eigenvalue weighted by Gasteiger charge is -2.06. The Balaban J connectivity index is 1.69. The van der Waals surface area contributed by atoms with E-state index < -0.39 is 0 Å². The Morgan fingerprint density at radius 2 is 1.04 bits per heavy atom. The minimum atomic E-state index is 0.257. The van der Waals surface area contributed by atoms with Crippen molar-refractivity contribution in [3.8, 4) is 0 Å². The fourth-order valence-corrected chi connectivity index (χ4v) is 3.41. The quantitative estimate of drug-likeness (QED) is 0.393. The van der Waals surface area contributed by atoms with Crippen LogP contribution in [0.3, 0.4) is 0 Å². The molecule has 8 nitrogen and oxygen atoms in total. The number of nitrogens with two attached hydrogens (primary N) is 2. The molecule has 0 aliphatic rings. The maximum Gasteiger partial charge on any atom is 0.164 e. The highest BCUT2D eigenvalue weighted by molar-refractivity contribution is 6.00. The topological polar surface area (TPSA) is 129 Å². The Morgan fingerprint density at radius 3 is 1.68 bits per heavy atom. The number of nitrogens with zero attached hydrogens (tertiary/aromatic N) is 6. The molecule has 0 unspecified atom stereocenters.